The Kier molecular flexibility index (Phi) is 3.76. The van der Waals surface area contributed by atoms with E-state index in [1.807, 2.05) is 32.0 Å². The van der Waals surface area contributed by atoms with Gasteiger partial charge in [0.15, 0.2) is 0 Å². The van der Waals surface area contributed by atoms with E-state index in [0.717, 1.165) is 27.3 Å². The van der Waals surface area contributed by atoms with Crippen molar-refractivity contribution in [2.75, 3.05) is 24.5 Å². The summed E-state index contributed by atoms with van der Waals surface area (Å²) in [5.74, 6) is -0.192. The number of carbonyl (C=O) groups excluding carboxylic acids is 2. The van der Waals surface area contributed by atoms with Gasteiger partial charge in [-0.15, -0.1) is 11.3 Å². The minimum atomic E-state index is -0.110. The predicted molar refractivity (Wildman–Crippen MR) is 95.9 cm³/mol. The molecular weight excluding hydrogens is 338 g/mol. The Morgan fingerprint density at radius 2 is 2.12 bits per heavy atom. The van der Waals surface area contributed by atoms with E-state index in [2.05, 4.69) is 15.2 Å². The van der Waals surface area contributed by atoms with Gasteiger partial charge in [-0.25, -0.2) is 4.98 Å². The largest absolute Gasteiger partial charge is 0.327 e. The van der Waals surface area contributed by atoms with Crippen LogP contribution in [0.25, 0.3) is 10.9 Å². The van der Waals surface area contributed by atoms with Crippen LogP contribution >= 0.6 is 11.3 Å². The number of hydrogen-bond donors (Lipinski definition) is 1. The number of hydrogen-bond acceptors (Lipinski definition) is 5. The number of benzene rings is 1. The van der Waals surface area contributed by atoms with Crippen molar-refractivity contribution in [3.8, 4) is 0 Å². The van der Waals surface area contributed by atoms with Crippen LogP contribution in [0.15, 0.2) is 24.4 Å². The first kappa shape index (κ1) is 15.8. The molecule has 3 aromatic rings. The van der Waals surface area contributed by atoms with E-state index in [9.17, 15) is 9.59 Å². The molecule has 0 atom stereocenters. The number of fused-ring (bicyclic) bond motifs is 1. The summed E-state index contributed by atoms with van der Waals surface area (Å²) >= 11 is 1.38. The van der Waals surface area contributed by atoms with E-state index in [-0.39, 0.29) is 18.4 Å². The molecule has 1 fully saturated rings. The van der Waals surface area contributed by atoms with Gasteiger partial charge >= 0.3 is 0 Å². The van der Waals surface area contributed by atoms with E-state index < -0.39 is 0 Å². The zero-order chi connectivity index (χ0) is 17.6. The second-order valence-corrected chi connectivity index (χ2v) is 7.26. The summed E-state index contributed by atoms with van der Waals surface area (Å²) in [6, 6.07) is 5.74. The molecule has 25 heavy (non-hydrogen) atoms. The lowest BCUT2D eigenvalue weighted by molar-refractivity contribution is -0.120. The van der Waals surface area contributed by atoms with Gasteiger partial charge in [-0.05, 0) is 32.0 Å². The molecule has 0 bridgehead atoms. The summed E-state index contributed by atoms with van der Waals surface area (Å²) in [4.78, 5) is 33.5. The van der Waals surface area contributed by atoms with Crippen molar-refractivity contribution in [3.63, 3.8) is 0 Å². The highest BCUT2D eigenvalue weighted by atomic mass is 32.1. The van der Waals surface area contributed by atoms with E-state index in [1.54, 1.807) is 16.0 Å². The number of thiazole rings is 1. The zero-order valence-electron chi connectivity index (χ0n) is 13.9. The van der Waals surface area contributed by atoms with Crippen molar-refractivity contribution in [1.29, 1.82) is 0 Å². The molecule has 8 heteroatoms. The molecule has 1 N–H and O–H groups in total. The molecule has 1 aliphatic heterocycles. The monoisotopic (exact) mass is 355 g/mol. The molecule has 0 aliphatic carbocycles. The third-order valence-electron chi connectivity index (χ3n) is 4.34. The average Bonchev–Trinajstić information content (AvgIpc) is 3.19. The molecule has 128 valence electrons. The number of nitrogens with zero attached hydrogens (tertiary/aromatic N) is 4. The summed E-state index contributed by atoms with van der Waals surface area (Å²) < 4.78 is 0. The van der Waals surface area contributed by atoms with E-state index in [0.29, 0.717) is 18.0 Å². The van der Waals surface area contributed by atoms with Crippen molar-refractivity contribution in [3.05, 3.63) is 40.0 Å². The van der Waals surface area contributed by atoms with Gasteiger partial charge in [0.05, 0.1) is 22.4 Å². The minimum absolute atomic E-state index is 0.0820. The second kappa shape index (κ2) is 5.96. The van der Waals surface area contributed by atoms with Crippen molar-refractivity contribution in [2.45, 2.75) is 13.8 Å². The Morgan fingerprint density at radius 1 is 1.28 bits per heavy atom. The average molecular weight is 355 g/mol. The fourth-order valence-electron chi connectivity index (χ4n) is 3.09. The molecule has 1 saturated heterocycles. The topological polar surface area (TPSA) is 82.2 Å². The quantitative estimate of drug-likeness (QED) is 0.763. The van der Waals surface area contributed by atoms with Gasteiger partial charge in [0.2, 0.25) is 5.91 Å². The molecule has 0 saturated carbocycles. The highest BCUT2D eigenvalue weighted by Crippen LogP contribution is 2.24. The highest BCUT2D eigenvalue weighted by molar-refractivity contribution is 7.13. The Balaban J connectivity index is 1.53. The first-order valence-electron chi connectivity index (χ1n) is 8.00. The van der Waals surface area contributed by atoms with Crippen LogP contribution < -0.4 is 4.90 Å². The number of rotatable bonds is 2. The molecule has 2 aromatic heterocycles. The smallest absolute Gasteiger partial charge is 0.266 e. The predicted octanol–water partition coefficient (Wildman–Crippen LogP) is 2.13. The lowest BCUT2D eigenvalue weighted by atomic mass is 10.2. The van der Waals surface area contributed by atoms with Gasteiger partial charge in [0.1, 0.15) is 11.4 Å². The van der Waals surface area contributed by atoms with E-state index in [4.69, 9.17) is 0 Å². The van der Waals surface area contributed by atoms with Crippen LogP contribution in [0.3, 0.4) is 0 Å². The highest BCUT2D eigenvalue weighted by Gasteiger charge is 2.30. The lowest BCUT2D eigenvalue weighted by Gasteiger charge is -2.34. The molecule has 1 aromatic carbocycles. The summed E-state index contributed by atoms with van der Waals surface area (Å²) in [5, 5.41) is 8.72. The molecule has 0 radical (unpaired) electrons. The number of H-pyrrole nitrogens is 1. The number of anilines is 1. The SMILES string of the molecule is Cc1nc(C)c(C(=O)N2CCN(c3ccc4[nH]ncc4c3)C(=O)C2)s1. The number of nitrogens with one attached hydrogen (secondary N) is 1. The Morgan fingerprint density at radius 3 is 2.84 bits per heavy atom. The third-order valence-corrected chi connectivity index (χ3v) is 5.40. The summed E-state index contributed by atoms with van der Waals surface area (Å²) in [6.45, 7) is 4.77. The normalized spacial score (nSPS) is 15.2. The van der Waals surface area contributed by atoms with Gasteiger partial charge in [-0.2, -0.15) is 5.10 Å². The van der Waals surface area contributed by atoms with Crippen molar-refractivity contribution in [2.24, 2.45) is 0 Å². The number of carbonyl (C=O) groups is 2. The minimum Gasteiger partial charge on any atom is -0.327 e. The van der Waals surface area contributed by atoms with Gasteiger partial charge in [-0.3, -0.25) is 14.7 Å². The molecule has 0 spiro atoms. The van der Waals surface area contributed by atoms with Crippen molar-refractivity contribution >= 4 is 39.7 Å². The van der Waals surface area contributed by atoms with Gasteiger partial charge in [-0.1, -0.05) is 0 Å². The van der Waals surface area contributed by atoms with Crippen molar-refractivity contribution < 1.29 is 9.59 Å². The summed E-state index contributed by atoms with van der Waals surface area (Å²) in [7, 11) is 0. The standard InChI is InChI=1S/C17H17N5O2S/c1-10-16(25-11(2)19-10)17(24)21-5-6-22(15(23)9-21)13-3-4-14-12(7-13)8-18-20-14/h3-4,7-8H,5-6,9H2,1-2H3,(H,18,20). The zero-order valence-corrected chi connectivity index (χ0v) is 14.8. The number of piperazine rings is 1. The van der Waals surface area contributed by atoms with Crippen LogP contribution in [0.5, 0.6) is 0 Å². The molecule has 4 rings (SSSR count). The first-order valence-corrected chi connectivity index (χ1v) is 8.81. The molecule has 7 nitrogen and oxygen atoms in total. The Bertz CT molecular complexity index is 976. The number of amides is 2. The number of aromatic amines is 1. The first-order chi connectivity index (χ1) is 12.0. The van der Waals surface area contributed by atoms with Crippen LogP contribution in [0.4, 0.5) is 5.69 Å². The molecular formula is C17H17N5O2S. The maximum absolute atomic E-state index is 12.7. The van der Waals surface area contributed by atoms with Crippen LogP contribution in [-0.4, -0.2) is 51.5 Å². The van der Waals surface area contributed by atoms with Gasteiger partial charge < -0.3 is 9.80 Å². The number of aromatic nitrogens is 3. The Hall–Kier alpha value is -2.74. The maximum atomic E-state index is 12.7. The fraction of sp³-hybridized carbons (Fsp3) is 0.294. The summed E-state index contributed by atoms with van der Waals surface area (Å²) in [6.07, 6.45) is 1.73. The summed E-state index contributed by atoms with van der Waals surface area (Å²) in [5.41, 5.74) is 2.49. The maximum Gasteiger partial charge on any atom is 0.266 e. The second-order valence-electron chi connectivity index (χ2n) is 6.06. The third kappa shape index (κ3) is 2.78. The van der Waals surface area contributed by atoms with E-state index >= 15 is 0 Å². The fourth-order valence-corrected chi connectivity index (χ4v) is 3.98. The van der Waals surface area contributed by atoms with Gasteiger partial charge in [0.25, 0.3) is 5.91 Å². The van der Waals surface area contributed by atoms with E-state index in [1.165, 1.54) is 11.3 Å². The van der Waals surface area contributed by atoms with Crippen molar-refractivity contribution in [1.82, 2.24) is 20.1 Å². The number of aryl methyl sites for hydroxylation is 2. The lowest BCUT2D eigenvalue weighted by Crippen LogP contribution is -2.52. The van der Waals surface area contributed by atoms with Crippen LogP contribution in [0.2, 0.25) is 0 Å². The molecule has 1 aliphatic rings. The van der Waals surface area contributed by atoms with Crippen LogP contribution in [0, 0.1) is 13.8 Å². The molecule has 0 unspecified atom stereocenters. The molecule has 3 heterocycles. The van der Waals surface area contributed by atoms with Crippen LogP contribution in [0.1, 0.15) is 20.4 Å². The molecule has 2 amide bonds. The Labute approximate surface area is 148 Å². The van der Waals surface area contributed by atoms with Crippen LogP contribution in [-0.2, 0) is 4.79 Å². The van der Waals surface area contributed by atoms with Gasteiger partial charge in [0, 0.05) is 24.2 Å².